The Balaban J connectivity index is 2.38. The number of thiazole rings is 1. The van der Waals surface area contributed by atoms with Gasteiger partial charge in [0.1, 0.15) is 6.61 Å². The van der Waals surface area contributed by atoms with E-state index in [0.29, 0.717) is 10.0 Å². The van der Waals surface area contributed by atoms with Crippen molar-refractivity contribution in [2.45, 2.75) is 20.0 Å². The number of alkyl halides is 3. The Morgan fingerprint density at radius 1 is 1.45 bits per heavy atom. The molecule has 1 aromatic rings. The number of carbonyl (C=O) groups excluding carboxylic acids is 1. The van der Waals surface area contributed by atoms with Gasteiger partial charge in [-0.15, -0.1) is 11.3 Å². The number of anilines is 1. The van der Waals surface area contributed by atoms with E-state index in [0.717, 1.165) is 0 Å². The molecule has 1 rings (SSSR count). The molecule has 0 amide bonds. The molecule has 0 aliphatic carbocycles. The first-order valence-corrected chi connectivity index (χ1v) is 6.68. The Hall–Kier alpha value is -1.35. The largest absolute Gasteiger partial charge is 0.461 e. The van der Waals surface area contributed by atoms with Crippen LogP contribution in [0.25, 0.3) is 0 Å². The maximum Gasteiger partial charge on any atom is 0.411 e. The van der Waals surface area contributed by atoms with Crippen molar-refractivity contribution in [3.63, 3.8) is 0 Å². The number of rotatable bonds is 7. The van der Waals surface area contributed by atoms with Crippen LogP contribution in [0.5, 0.6) is 0 Å². The van der Waals surface area contributed by atoms with Gasteiger partial charge in [0.15, 0.2) is 10.8 Å². The van der Waals surface area contributed by atoms with E-state index in [1.165, 1.54) is 11.3 Å². The zero-order valence-electron chi connectivity index (χ0n) is 11.0. The summed E-state index contributed by atoms with van der Waals surface area (Å²) >= 11 is 1.23. The van der Waals surface area contributed by atoms with Crippen molar-refractivity contribution in [1.82, 2.24) is 4.98 Å². The van der Waals surface area contributed by atoms with Gasteiger partial charge in [0, 0.05) is 11.4 Å². The number of carbonyl (C=O) groups is 1. The third-order valence-electron chi connectivity index (χ3n) is 2.05. The van der Waals surface area contributed by atoms with Gasteiger partial charge in [0.05, 0.1) is 13.2 Å². The molecule has 1 aromatic heterocycles. The van der Waals surface area contributed by atoms with Gasteiger partial charge in [-0.3, -0.25) is 0 Å². The normalized spacial score (nSPS) is 11.4. The fourth-order valence-corrected chi connectivity index (χ4v) is 2.11. The predicted molar refractivity (Wildman–Crippen MR) is 68.2 cm³/mol. The zero-order chi connectivity index (χ0) is 15.2. The van der Waals surface area contributed by atoms with Crippen LogP contribution in [0.1, 0.15) is 22.3 Å². The van der Waals surface area contributed by atoms with Gasteiger partial charge in [-0.05, 0) is 13.8 Å². The molecule has 9 heteroatoms. The minimum atomic E-state index is -4.32. The van der Waals surface area contributed by atoms with Gasteiger partial charge in [-0.2, -0.15) is 13.2 Å². The van der Waals surface area contributed by atoms with E-state index < -0.39 is 18.8 Å². The summed E-state index contributed by atoms with van der Waals surface area (Å²) in [4.78, 5) is 16.2. The van der Waals surface area contributed by atoms with Crippen LogP contribution in [0.4, 0.5) is 18.3 Å². The highest BCUT2D eigenvalue weighted by molar-refractivity contribution is 7.15. The highest BCUT2D eigenvalue weighted by atomic mass is 32.1. The Morgan fingerprint density at radius 2 is 2.15 bits per heavy atom. The van der Waals surface area contributed by atoms with E-state index in [1.807, 2.05) is 0 Å². The van der Waals surface area contributed by atoms with Crippen molar-refractivity contribution in [2.24, 2.45) is 0 Å². The lowest BCUT2D eigenvalue weighted by Gasteiger charge is -2.07. The van der Waals surface area contributed by atoms with E-state index >= 15 is 0 Å². The fourth-order valence-electron chi connectivity index (χ4n) is 1.28. The second-order valence-corrected chi connectivity index (χ2v) is 4.94. The van der Waals surface area contributed by atoms with Gasteiger partial charge in [0.2, 0.25) is 0 Å². The summed E-state index contributed by atoms with van der Waals surface area (Å²) in [7, 11) is 0. The van der Waals surface area contributed by atoms with Crippen LogP contribution >= 0.6 is 11.3 Å². The number of ether oxygens (including phenoxy) is 2. The molecule has 114 valence electrons. The lowest BCUT2D eigenvalue weighted by atomic mass is 10.4. The molecule has 20 heavy (non-hydrogen) atoms. The number of nitrogens with one attached hydrogen (secondary N) is 1. The highest BCUT2D eigenvalue weighted by Crippen LogP contribution is 2.22. The van der Waals surface area contributed by atoms with E-state index in [1.54, 1.807) is 13.8 Å². The molecule has 0 unspecified atom stereocenters. The van der Waals surface area contributed by atoms with E-state index in [2.05, 4.69) is 15.0 Å². The van der Waals surface area contributed by atoms with Crippen LogP contribution in [-0.2, 0) is 9.47 Å². The molecule has 0 fully saturated rings. The lowest BCUT2D eigenvalue weighted by Crippen LogP contribution is -2.20. The van der Waals surface area contributed by atoms with Crippen molar-refractivity contribution in [3.8, 4) is 0 Å². The quantitative estimate of drug-likeness (QED) is 0.619. The van der Waals surface area contributed by atoms with Crippen LogP contribution in [-0.4, -0.2) is 43.5 Å². The Morgan fingerprint density at radius 3 is 2.75 bits per heavy atom. The number of esters is 1. The fraction of sp³-hybridized carbons (Fsp3) is 0.636. The Bertz CT molecular complexity index is 449. The summed E-state index contributed by atoms with van der Waals surface area (Å²) in [5.74, 6) is -0.511. The maximum absolute atomic E-state index is 11.8. The number of hydrogen-bond donors (Lipinski definition) is 1. The molecule has 0 aliphatic heterocycles. The maximum atomic E-state index is 11.8. The number of hydrogen-bond acceptors (Lipinski definition) is 6. The second kappa shape index (κ2) is 7.44. The summed E-state index contributed by atoms with van der Waals surface area (Å²) in [5, 5.41) is 3.24. The molecular formula is C11H15F3N2O3S. The van der Waals surface area contributed by atoms with Crippen molar-refractivity contribution in [2.75, 3.05) is 31.7 Å². The molecule has 0 saturated heterocycles. The third kappa shape index (κ3) is 5.74. The Kier molecular flexibility index (Phi) is 6.21. The predicted octanol–water partition coefficient (Wildman–Crippen LogP) is 2.62. The van der Waals surface area contributed by atoms with E-state index in [4.69, 9.17) is 4.74 Å². The van der Waals surface area contributed by atoms with E-state index in [9.17, 15) is 18.0 Å². The van der Waals surface area contributed by atoms with Gasteiger partial charge in [-0.1, -0.05) is 0 Å². The summed E-state index contributed by atoms with van der Waals surface area (Å²) in [6.45, 7) is 2.45. The molecule has 0 saturated carbocycles. The first kappa shape index (κ1) is 16.7. The molecular weight excluding hydrogens is 297 g/mol. The molecule has 0 aromatic carbocycles. The smallest absolute Gasteiger partial charge is 0.411 e. The van der Waals surface area contributed by atoms with Crippen molar-refractivity contribution in [1.29, 1.82) is 0 Å². The minimum absolute atomic E-state index is 0.104. The number of halogens is 3. The molecule has 1 N–H and O–H groups in total. The van der Waals surface area contributed by atoms with Crippen LogP contribution in [0.15, 0.2) is 0 Å². The Labute approximate surface area is 118 Å². The second-order valence-electron chi connectivity index (χ2n) is 3.74. The van der Waals surface area contributed by atoms with Crippen LogP contribution in [0, 0.1) is 6.92 Å². The van der Waals surface area contributed by atoms with E-state index in [-0.39, 0.29) is 25.5 Å². The molecule has 1 heterocycles. The van der Waals surface area contributed by atoms with Gasteiger partial charge < -0.3 is 14.8 Å². The molecule has 0 spiro atoms. The minimum Gasteiger partial charge on any atom is -0.461 e. The van der Waals surface area contributed by atoms with Crippen molar-refractivity contribution in [3.05, 3.63) is 10.6 Å². The first-order valence-electron chi connectivity index (χ1n) is 5.86. The first-order chi connectivity index (χ1) is 9.33. The topological polar surface area (TPSA) is 60.5 Å². The molecule has 0 aliphatic rings. The number of aromatic nitrogens is 1. The number of nitrogens with zero attached hydrogens (tertiary/aromatic N) is 1. The summed E-state index contributed by atoms with van der Waals surface area (Å²) in [6.07, 6.45) is -4.32. The summed E-state index contributed by atoms with van der Waals surface area (Å²) in [5.41, 5.74) is 0.218. The van der Waals surface area contributed by atoms with Crippen molar-refractivity contribution >= 4 is 22.4 Å². The van der Waals surface area contributed by atoms with Gasteiger partial charge >= 0.3 is 12.1 Å². The molecule has 5 nitrogen and oxygen atoms in total. The zero-order valence-corrected chi connectivity index (χ0v) is 11.9. The average Bonchev–Trinajstić information content (AvgIpc) is 2.69. The third-order valence-corrected chi connectivity index (χ3v) is 2.98. The van der Waals surface area contributed by atoms with Crippen molar-refractivity contribution < 1.29 is 27.4 Å². The summed E-state index contributed by atoms with van der Waals surface area (Å²) in [6, 6.07) is 0. The SMILES string of the molecule is CCOC(=O)c1nc(NCCOCC(F)(F)F)sc1C. The summed E-state index contributed by atoms with van der Waals surface area (Å²) < 4.78 is 44.7. The van der Waals surface area contributed by atoms with Gasteiger partial charge in [-0.25, -0.2) is 9.78 Å². The lowest BCUT2D eigenvalue weighted by molar-refractivity contribution is -0.172. The monoisotopic (exact) mass is 312 g/mol. The van der Waals surface area contributed by atoms with Crippen LogP contribution in [0.3, 0.4) is 0 Å². The molecule has 0 bridgehead atoms. The molecule has 0 atom stereocenters. The average molecular weight is 312 g/mol. The van der Waals surface area contributed by atoms with Crippen LogP contribution in [0.2, 0.25) is 0 Å². The van der Waals surface area contributed by atoms with Crippen LogP contribution < -0.4 is 5.32 Å². The number of aryl methyl sites for hydroxylation is 1. The highest BCUT2D eigenvalue weighted by Gasteiger charge is 2.27. The van der Waals surface area contributed by atoms with Gasteiger partial charge in [0.25, 0.3) is 0 Å². The molecule has 0 radical (unpaired) electrons. The standard InChI is InChI=1S/C11H15F3N2O3S/c1-3-19-9(17)8-7(2)20-10(16-8)15-4-5-18-6-11(12,13)14/h3-6H2,1-2H3,(H,15,16).